The molecule has 0 unspecified atom stereocenters. The zero-order valence-corrected chi connectivity index (χ0v) is 11.8. The van der Waals surface area contributed by atoms with Crippen LogP contribution in [0.15, 0.2) is 5.16 Å². The van der Waals surface area contributed by atoms with Crippen molar-refractivity contribution in [1.29, 1.82) is 0 Å². The average molecular weight is 257 g/mol. The van der Waals surface area contributed by atoms with Gasteiger partial charge in [0.1, 0.15) is 0 Å². The highest BCUT2D eigenvalue weighted by molar-refractivity contribution is 7.99. The van der Waals surface area contributed by atoms with Gasteiger partial charge in [0.25, 0.3) is 0 Å². The van der Waals surface area contributed by atoms with Gasteiger partial charge >= 0.3 is 0 Å². The fourth-order valence-electron chi connectivity index (χ4n) is 1.52. The average Bonchev–Trinajstić information content (AvgIpc) is 2.79. The molecule has 0 aliphatic heterocycles. The second kappa shape index (κ2) is 8.47. The third-order valence-electron chi connectivity index (χ3n) is 2.85. The van der Waals surface area contributed by atoms with Gasteiger partial charge in [-0.25, -0.2) is 4.68 Å². The molecule has 0 saturated carbocycles. The third-order valence-corrected chi connectivity index (χ3v) is 4.04. The van der Waals surface area contributed by atoms with Gasteiger partial charge in [-0.05, 0) is 22.9 Å². The summed E-state index contributed by atoms with van der Waals surface area (Å²) in [6.07, 6.45) is 2.45. The Morgan fingerprint density at radius 3 is 2.71 bits per heavy atom. The molecule has 0 aliphatic carbocycles. The highest BCUT2D eigenvalue weighted by Crippen LogP contribution is 2.20. The van der Waals surface area contributed by atoms with Crippen LogP contribution in [0, 0.1) is 5.92 Å². The molecule has 17 heavy (non-hydrogen) atoms. The monoisotopic (exact) mass is 257 g/mol. The number of thioether (sulfide) groups is 1. The maximum absolute atomic E-state index is 4.07. The number of nitrogens with zero attached hydrogens (tertiary/aromatic N) is 4. The van der Waals surface area contributed by atoms with Crippen LogP contribution < -0.4 is 5.32 Å². The predicted molar refractivity (Wildman–Crippen MR) is 71.2 cm³/mol. The lowest BCUT2D eigenvalue weighted by Gasteiger charge is -2.10. The molecule has 0 amide bonds. The Balaban J connectivity index is 2.39. The van der Waals surface area contributed by atoms with Crippen molar-refractivity contribution in [3.8, 4) is 0 Å². The summed E-state index contributed by atoms with van der Waals surface area (Å²) in [6.45, 7) is 9.32. The van der Waals surface area contributed by atoms with Crippen LogP contribution in [0.4, 0.5) is 0 Å². The zero-order chi connectivity index (χ0) is 12.5. The lowest BCUT2D eigenvalue weighted by atomic mass is 10.1. The Morgan fingerprint density at radius 2 is 2.06 bits per heavy atom. The predicted octanol–water partition coefficient (Wildman–Crippen LogP) is 1.81. The van der Waals surface area contributed by atoms with Crippen LogP contribution in [-0.2, 0) is 6.54 Å². The zero-order valence-electron chi connectivity index (χ0n) is 11.0. The van der Waals surface area contributed by atoms with Gasteiger partial charge in [-0.3, -0.25) is 0 Å². The first kappa shape index (κ1) is 14.4. The standard InChI is InChI=1S/C11H23N5S/c1-4-10(5-2)9-17-11-13-14-15-16(11)8-7-12-6-3/h10,12H,4-9H2,1-3H3. The van der Waals surface area contributed by atoms with E-state index in [0.717, 1.165) is 36.5 Å². The molecule has 0 radical (unpaired) electrons. The van der Waals surface area contributed by atoms with Crippen molar-refractivity contribution in [2.45, 2.75) is 45.3 Å². The van der Waals surface area contributed by atoms with Crippen LogP contribution >= 0.6 is 11.8 Å². The first-order valence-corrected chi connectivity index (χ1v) is 7.40. The van der Waals surface area contributed by atoms with Crippen molar-refractivity contribution >= 4 is 11.8 Å². The van der Waals surface area contributed by atoms with Crippen molar-refractivity contribution in [2.75, 3.05) is 18.8 Å². The van der Waals surface area contributed by atoms with Crippen molar-refractivity contribution in [3.63, 3.8) is 0 Å². The summed E-state index contributed by atoms with van der Waals surface area (Å²) in [5.41, 5.74) is 0. The molecular weight excluding hydrogens is 234 g/mol. The number of rotatable bonds is 9. The maximum Gasteiger partial charge on any atom is 0.209 e. The van der Waals surface area contributed by atoms with E-state index < -0.39 is 0 Å². The molecule has 1 heterocycles. The van der Waals surface area contributed by atoms with E-state index in [0.29, 0.717) is 0 Å². The molecule has 0 aliphatic rings. The molecule has 0 bridgehead atoms. The minimum atomic E-state index is 0.763. The Hall–Kier alpha value is -0.620. The first-order valence-electron chi connectivity index (χ1n) is 6.41. The summed E-state index contributed by atoms with van der Waals surface area (Å²) in [5.74, 6) is 1.87. The van der Waals surface area contributed by atoms with E-state index >= 15 is 0 Å². The highest BCUT2D eigenvalue weighted by Gasteiger charge is 2.09. The van der Waals surface area contributed by atoms with E-state index in [1.54, 1.807) is 11.8 Å². The van der Waals surface area contributed by atoms with Crippen molar-refractivity contribution in [3.05, 3.63) is 0 Å². The molecule has 5 nitrogen and oxygen atoms in total. The Labute approximate surface area is 108 Å². The molecule has 0 atom stereocenters. The number of nitrogens with one attached hydrogen (secondary N) is 1. The first-order chi connectivity index (χ1) is 8.31. The lowest BCUT2D eigenvalue weighted by Crippen LogP contribution is -2.20. The summed E-state index contributed by atoms with van der Waals surface area (Å²) < 4.78 is 1.88. The molecule has 1 aromatic heterocycles. The van der Waals surface area contributed by atoms with Crippen LogP contribution in [0.25, 0.3) is 0 Å². The molecule has 1 aromatic rings. The molecule has 1 rings (SSSR count). The van der Waals surface area contributed by atoms with Gasteiger partial charge < -0.3 is 5.32 Å². The van der Waals surface area contributed by atoms with Gasteiger partial charge in [-0.1, -0.05) is 45.4 Å². The summed E-state index contributed by atoms with van der Waals surface area (Å²) >= 11 is 1.77. The smallest absolute Gasteiger partial charge is 0.209 e. The van der Waals surface area contributed by atoms with Crippen molar-refractivity contribution in [2.24, 2.45) is 5.92 Å². The summed E-state index contributed by atoms with van der Waals surface area (Å²) in [6, 6.07) is 0. The lowest BCUT2D eigenvalue weighted by molar-refractivity contribution is 0.515. The second-order valence-corrected chi connectivity index (χ2v) is 5.02. The number of likely N-dealkylation sites (N-methyl/N-ethyl adjacent to an activating group) is 1. The fraction of sp³-hybridized carbons (Fsp3) is 0.909. The molecule has 1 N–H and O–H groups in total. The van der Waals surface area contributed by atoms with Crippen molar-refractivity contribution in [1.82, 2.24) is 25.5 Å². The Bertz CT molecular complexity index is 298. The van der Waals surface area contributed by atoms with Gasteiger partial charge in [-0.2, -0.15) is 0 Å². The van der Waals surface area contributed by atoms with Crippen LogP contribution in [0.2, 0.25) is 0 Å². The van der Waals surface area contributed by atoms with Crippen LogP contribution in [0.3, 0.4) is 0 Å². The van der Waals surface area contributed by atoms with E-state index in [9.17, 15) is 0 Å². The van der Waals surface area contributed by atoms with E-state index in [2.05, 4.69) is 41.6 Å². The largest absolute Gasteiger partial charge is 0.315 e. The SMILES string of the molecule is CCNCCn1nnnc1SCC(CC)CC. The summed E-state index contributed by atoms with van der Waals surface area (Å²) in [5, 5.41) is 16.0. The van der Waals surface area contributed by atoms with Gasteiger partial charge in [0.05, 0.1) is 6.54 Å². The van der Waals surface area contributed by atoms with Crippen molar-refractivity contribution < 1.29 is 0 Å². The van der Waals surface area contributed by atoms with Gasteiger partial charge in [0, 0.05) is 12.3 Å². The Kier molecular flexibility index (Phi) is 7.19. The van der Waals surface area contributed by atoms with Crippen LogP contribution in [0.5, 0.6) is 0 Å². The number of tetrazole rings is 1. The van der Waals surface area contributed by atoms with Crippen LogP contribution in [0.1, 0.15) is 33.6 Å². The molecule has 0 aromatic carbocycles. The molecule has 0 spiro atoms. The Morgan fingerprint density at radius 1 is 1.29 bits per heavy atom. The van der Waals surface area contributed by atoms with Gasteiger partial charge in [0.15, 0.2) is 0 Å². The summed E-state index contributed by atoms with van der Waals surface area (Å²) in [4.78, 5) is 0. The molecular formula is C11H23N5S. The minimum Gasteiger partial charge on any atom is -0.315 e. The normalized spacial score (nSPS) is 11.3. The quantitative estimate of drug-likeness (QED) is 0.540. The van der Waals surface area contributed by atoms with Crippen LogP contribution in [-0.4, -0.2) is 39.0 Å². The number of hydrogen-bond donors (Lipinski definition) is 1. The van der Waals surface area contributed by atoms with E-state index in [4.69, 9.17) is 0 Å². The number of hydrogen-bond acceptors (Lipinski definition) is 5. The van der Waals surface area contributed by atoms with E-state index in [-0.39, 0.29) is 0 Å². The molecule has 0 fully saturated rings. The summed E-state index contributed by atoms with van der Waals surface area (Å²) in [7, 11) is 0. The van der Waals surface area contributed by atoms with Gasteiger partial charge in [0.2, 0.25) is 5.16 Å². The molecule has 98 valence electrons. The van der Waals surface area contributed by atoms with Gasteiger partial charge in [-0.15, -0.1) is 5.10 Å². The second-order valence-electron chi connectivity index (χ2n) is 4.03. The number of aromatic nitrogens is 4. The molecule has 6 heteroatoms. The molecule has 0 saturated heterocycles. The van der Waals surface area contributed by atoms with E-state index in [1.165, 1.54) is 12.8 Å². The highest BCUT2D eigenvalue weighted by atomic mass is 32.2. The minimum absolute atomic E-state index is 0.763. The van der Waals surface area contributed by atoms with E-state index in [1.807, 2.05) is 4.68 Å². The third kappa shape index (κ3) is 5.04. The fourth-order valence-corrected chi connectivity index (χ4v) is 2.75. The maximum atomic E-state index is 4.07. The topological polar surface area (TPSA) is 55.6 Å².